The van der Waals surface area contributed by atoms with E-state index in [1.54, 1.807) is 11.8 Å². The molecule has 13 heteroatoms. The third-order valence-electron chi connectivity index (χ3n) is 4.85. The van der Waals surface area contributed by atoms with E-state index >= 15 is 0 Å². The molecule has 2 N–H and O–H groups in total. The van der Waals surface area contributed by atoms with Crippen molar-refractivity contribution in [3.63, 3.8) is 0 Å². The van der Waals surface area contributed by atoms with Crippen molar-refractivity contribution in [2.75, 3.05) is 22.1 Å². The van der Waals surface area contributed by atoms with Gasteiger partial charge in [0.05, 0.1) is 12.8 Å². The van der Waals surface area contributed by atoms with Gasteiger partial charge in [0.15, 0.2) is 0 Å². The molecule has 0 saturated carbocycles. The maximum atomic E-state index is 12.3. The Kier molecular flexibility index (Phi) is 10.6. The summed E-state index contributed by atoms with van der Waals surface area (Å²) in [5.74, 6) is 1.54. The number of anilines is 2. The second-order valence-corrected chi connectivity index (χ2v) is 13.0. The molecule has 0 aliphatic carbocycles. The van der Waals surface area contributed by atoms with E-state index in [2.05, 4.69) is 62.9 Å². The lowest BCUT2D eigenvalue weighted by Crippen LogP contribution is -2.14. The predicted octanol–water partition coefficient (Wildman–Crippen LogP) is 5.80. The van der Waals surface area contributed by atoms with Gasteiger partial charge in [0.25, 0.3) is 0 Å². The van der Waals surface area contributed by atoms with Crippen molar-refractivity contribution in [3.05, 3.63) is 78.6 Å². The molecular formula is C24H22Br2N6O2S3. The average Bonchev–Trinajstić information content (AvgIpc) is 3.48. The Morgan fingerprint density at radius 1 is 0.730 bits per heavy atom. The van der Waals surface area contributed by atoms with Crippen LogP contribution in [0, 0.1) is 0 Å². The lowest BCUT2D eigenvalue weighted by molar-refractivity contribution is -0.116. The van der Waals surface area contributed by atoms with E-state index in [1.807, 2.05) is 48.5 Å². The molecule has 2 amide bonds. The molecule has 8 nitrogen and oxygen atoms in total. The van der Waals surface area contributed by atoms with Crippen LogP contribution >= 0.6 is 66.3 Å². The smallest absolute Gasteiger partial charge is 0.230 e. The van der Waals surface area contributed by atoms with Crippen LogP contribution in [0.3, 0.4) is 0 Å². The highest BCUT2D eigenvalue weighted by Crippen LogP contribution is 2.21. The average molecular weight is 682 g/mol. The number of amides is 2. The Labute approximate surface area is 243 Å². The predicted molar refractivity (Wildman–Crippen MR) is 158 cm³/mol. The lowest BCUT2D eigenvalue weighted by Gasteiger charge is -2.02. The minimum absolute atomic E-state index is 0.115. The molecule has 4 aromatic rings. The SMILES string of the molecule is O=C(Cc1cccc(Br)c1)Nc1nnc(CCSCCc2nnc(NC(=O)Cc3cccc(Br)c3)s2)s1. The molecule has 0 spiro atoms. The molecule has 2 aromatic carbocycles. The van der Waals surface area contributed by atoms with Crippen LogP contribution in [-0.2, 0) is 35.3 Å². The van der Waals surface area contributed by atoms with Gasteiger partial charge in [-0.1, -0.05) is 78.8 Å². The van der Waals surface area contributed by atoms with Crippen LogP contribution < -0.4 is 10.6 Å². The van der Waals surface area contributed by atoms with Crippen molar-refractivity contribution in [2.45, 2.75) is 25.7 Å². The van der Waals surface area contributed by atoms with Gasteiger partial charge in [0.2, 0.25) is 22.1 Å². The summed E-state index contributed by atoms with van der Waals surface area (Å²) in [6, 6.07) is 15.3. The molecule has 0 bridgehead atoms. The van der Waals surface area contributed by atoms with E-state index < -0.39 is 0 Å². The first kappa shape index (κ1) is 27.8. The van der Waals surface area contributed by atoms with Crippen LogP contribution in [-0.4, -0.2) is 43.7 Å². The number of nitrogens with zero attached hydrogens (tertiary/aromatic N) is 4. The van der Waals surface area contributed by atoms with Gasteiger partial charge in [-0.3, -0.25) is 9.59 Å². The maximum Gasteiger partial charge on any atom is 0.230 e. The van der Waals surface area contributed by atoms with Crippen LogP contribution in [0.1, 0.15) is 21.1 Å². The number of carbonyl (C=O) groups excluding carboxylic acids is 2. The number of rotatable bonds is 12. The first-order chi connectivity index (χ1) is 17.9. The van der Waals surface area contributed by atoms with Crippen molar-refractivity contribution in [3.8, 4) is 0 Å². The number of hydrogen-bond donors (Lipinski definition) is 2. The molecule has 0 aliphatic rings. The van der Waals surface area contributed by atoms with Crippen molar-refractivity contribution in [1.29, 1.82) is 0 Å². The van der Waals surface area contributed by atoms with Gasteiger partial charge in [0.1, 0.15) is 10.0 Å². The highest BCUT2D eigenvalue weighted by Gasteiger charge is 2.11. The standard InChI is InChI=1S/C24H22Br2N6O2S3/c25-17-5-1-3-15(11-17)13-19(33)27-23-31-29-21(36-23)7-9-35-10-8-22-30-32-24(37-22)28-20(34)14-16-4-2-6-18(26)12-16/h1-6,11-12H,7-10,13-14H2,(H,27,31,33)(H,28,32,34). The molecule has 37 heavy (non-hydrogen) atoms. The zero-order valence-corrected chi connectivity index (χ0v) is 25.1. The van der Waals surface area contributed by atoms with E-state index in [9.17, 15) is 9.59 Å². The molecule has 0 aliphatic heterocycles. The summed E-state index contributed by atoms with van der Waals surface area (Å²) < 4.78 is 1.89. The fourth-order valence-electron chi connectivity index (χ4n) is 3.22. The monoisotopic (exact) mass is 680 g/mol. The first-order valence-corrected chi connectivity index (χ1v) is 15.6. The number of benzene rings is 2. The van der Waals surface area contributed by atoms with E-state index in [4.69, 9.17) is 0 Å². The molecule has 0 fully saturated rings. The summed E-state index contributed by atoms with van der Waals surface area (Å²) in [5, 5.41) is 25.0. The first-order valence-electron chi connectivity index (χ1n) is 11.2. The molecule has 0 atom stereocenters. The zero-order valence-electron chi connectivity index (χ0n) is 19.4. The highest BCUT2D eigenvalue weighted by atomic mass is 79.9. The van der Waals surface area contributed by atoms with Gasteiger partial charge in [-0.25, -0.2) is 0 Å². The molecule has 192 valence electrons. The fourth-order valence-corrected chi connectivity index (χ4v) is 6.77. The largest absolute Gasteiger partial charge is 0.300 e. The van der Waals surface area contributed by atoms with Gasteiger partial charge in [-0.2, -0.15) is 11.8 Å². The number of thioether (sulfide) groups is 1. The number of hydrogen-bond acceptors (Lipinski definition) is 9. The summed E-state index contributed by atoms with van der Waals surface area (Å²) in [6.45, 7) is 0. The Morgan fingerprint density at radius 3 is 1.62 bits per heavy atom. The van der Waals surface area contributed by atoms with Gasteiger partial charge in [-0.15, -0.1) is 20.4 Å². The Hall–Kier alpha value is -2.19. The Morgan fingerprint density at radius 2 is 1.19 bits per heavy atom. The van der Waals surface area contributed by atoms with Crippen LogP contribution in [0.2, 0.25) is 0 Å². The maximum absolute atomic E-state index is 12.3. The minimum Gasteiger partial charge on any atom is -0.300 e. The highest BCUT2D eigenvalue weighted by molar-refractivity contribution is 9.10. The summed E-state index contributed by atoms with van der Waals surface area (Å²) in [4.78, 5) is 24.5. The second-order valence-electron chi connectivity index (χ2n) is 7.82. The van der Waals surface area contributed by atoms with Crippen LogP contribution in [0.4, 0.5) is 10.3 Å². The molecular weight excluding hydrogens is 660 g/mol. The second kappa shape index (κ2) is 14.1. The molecule has 0 unspecified atom stereocenters. The van der Waals surface area contributed by atoms with E-state index in [1.165, 1.54) is 22.7 Å². The van der Waals surface area contributed by atoms with E-state index in [-0.39, 0.29) is 24.7 Å². The summed E-state index contributed by atoms with van der Waals surface area (Å²) in [6.07, 6.45) is 2.12. The van der Waals surface area contributed by atoms with E-state index in [0.717, 1.165) is 54.4 Å². The number of halogens is 2. The van der Waals surface area contributed by atoms with E-state index in [0.29, 0.717) is 10.3 Å². The molecule has 4 rings (SSSR count). The zero-order chi connectivity index (χ0) is 26.0. The van der Waals surface area contributed by atoms with Gasteiger partial charge in [-0.05, 0) is 46.9 Å². The van der Waals surface area contributed by atoms with Crippen LogP contribution in [0.25, 0.3) is 0 Å². The Bertz CT molecular complexity index is 1260. The third kappa shape index (κ3) is 9.56. The van der Waals surface area contributed by atoms with Crippen LogP contribution in [0.15, 0.2) is 57.5 Å². The van der Waals surface area contributed by atoms with Crippen LogP contribution in [0.5, 0.6) is 0 Å². The number of aromatic nitrogens is 4. The summed E-state index contributed by atoms with van der Waals surface area (Å²) in [7, 11) is 0. The summed E-state index contributed by atoms with van der Waals surface area (Å²) >= 11 is 11.4. The quantitative estimate of drug-likeness (QED) is 0.182. The number of nitrogens with one attached hydrogen (secondary N) is 2. The molecule has 2 aromatic heterocycles. The lowest BCUT2D eigenvalue weighted by atomic mass is 10.1. The van der Waals surface area contributed by atoms with Gasteiger partial charge >= 0.3 is 0 Å². The number of carbonyl (C=O) groups is 2. The van der Waals surface area contributed by atoms with Gasteiger partial charge in [0, 0.05) is 21.8 Å². The number of aryl methyl sites for hydroxylation is 2. The van der Waals surface area contributed by atoms with Crippen molar-refractivity contribution in [2.24, 2.45) is 0 Å². The topological polar surface area (TPSA) is 110 Å². The normalized spacial score (nSPS) is 10.9. The molecule has 0 saturated heterocycles. The molecule has 2 heterocycles. The van der Waals surface area contributed by atoms with Gasteiger partial charge < -0.3 is 10.6 Å². The Balaban J connectivity index is 1.12. The minimum atomic E-state index is -0.115. The van der Waals surface area contributed by atoms with Crippen molar-refractivity contribution >= 4 is 88.4 Å². The van der Waals surface area contributed by atoms with Crippen molar-refractivity contribution in [1.82, 2.24) is 20.4 Å². The summed E-state index contributed by atoms with van der Waals surface area (Å²) in [5.41, 5.74) is 1.86. The third-order valence-corrected chi connectivity index (χ3v) is 8.62. The fraction of sp³-hybridized carbons (Fsp3) is 0.250. The van der Waals surface area contributed by atoms with Crippen molar-refractivity contribution < 1.29 is 9.59 Å². The molecule has 0 radical (unpaired) electrons.